The Morgan fingerprint density at radius 2 is 1.86 bits per heavy atom. The van der Waals surface area contributed by atoms with E-state index in [9.17, 15) is 4.79 Å². The Morgan fingerprint density at radius 1 is 1.07 bits per heavy atom. The molecule has 0 spiro atoms. The molecule has 0 saturated carbocycles. The first-order chi connectivity index (χ1) is 14.3. The highest BCUT2D eigenvalue weighted by molar-refractivity contribution is 6.04. The summed E-state index contributed by atoms with van der Waals surface area (Å²) >= 11 is 0. The summed E-state index contributed by atoms with van der Waals surface area (Å²) in [6.45, 7) is 1.51. The number of rotatable bonds is 7. The van der Waals surface area contributed by atoms with E-state index in [-0.39, 0.29) is 12.0 Å². The Balaban J connectivity index is 1.34. The van der Waals surface area contributed by atoms with E-state index in [1.807, 2.05) is 54.6 Å². The molecule has 148 valence electrons. The Kier molecular flexibility index (Phi) is 6.02. The highest BCUT2D eigenvalue weighted by atomic mass is 16.5. The van der Waals surface area contributed by atoms with Crippen LogP contribution in [0, 0.1) is 0 Å². The first-order valence-corrected chi connectivity index (χ1v) is 9.72. The molecule has 0 radical (unpaired) electrons. The van der Waals surface area contributed by atoms with Crippen molar-refractivity contribution in [2.75, 3.05) is 23.8 Å². The third-order valence-electron chi connectivity index (χ3n) is 4.65. The van der Waals surface area contributed by atoms with E-state index in [1.54, 1.807) is 18.3 Å². The second-order valence-corrected chi connectivity index (χ2v) is 6.84. The zero-order valence-electron chi connectivity index (χ0n) is 16.0. The Labute approximate surface area is 169 Å². The van der Waals surface area contributed by atoms with Gasteiger partial charge in [-0.05, 0) is 61.4 Å². The number of aromatic nitrogens is 1. The van der Waals surface area contributed by atoms with Gasteiger partial charge in [-0.25, -0.2) is 4.98 Å². The van der Waals surface area contributed by atoms with Gasteiger partial charge in [0.1, 0.15) is 17.3 Å². The highest BCUT2D eigenvalue weighted by Crippen LogP contribution is 2.23. The van der Waals surface area contributed by atoms with Crippen molar-refractivity contribution in [2.24, 2.45) is 0 Å². The van der Waals surface area contributed by atoms with Crippen LogP contribution in [-0.4, -0.2) is 30.1 Å². The molecule has 1 saturated heterocycles. The molecule has 29 heavy (non-hydrogen) atoms. The first kappa shape index (κ1) is 19.0. The molecule has 2 aromatic carbocycles. The van der Waals surface area contributed by atoms with Crippen molar-refractivity contribution in [1.29, 1.82) is 0 Å². The first-order valence-electron chi connectivity index (χ1n) is 9.72. The second-order valence-electron chi connectivity index (χ2n) is 6.84. The van der Waals surface area contributed by atoms with Gasteiger partial charge >= 0.3 is 0 Å². The summed E-state index contributed by atoms with van der Waals surface area (Å²) < 4.78 is 11.4. The number of benzene rings is 2. The lowest BCUT2D eigenvalue weighted by atomic mass is 10.2. The minimum atomic E-state index is -0.190. The maximum Gasteiger partial charge on any atom is 0.255 e. The van der Waals surface area contributed by atoms with Crippen LogP contribution in [0.5, 0.6) is 11.5 Å². The van der Waals surface area contributed by atoms with E-state index in [4.69, 9.17) is 9.47 Å². The molecule has 3 aromatic rings. The number of ether oxygens (including phenoxy) is 2. The third-order valence-corrected chi connectivity index (χ3v) is 4.65. The average molecular weight is 389 g/mol. The van der Waals surface area contributed by atoms with Gasteiger partial charge in [0.2, 0.25) is 0 Å². The van der Waals surface area contributed by atoms with E-state index in [0.29, 0.717) is 29.4 Å². The van der Waals surface area contributed by atoms with Crippen LogP contribution in [0.4, 0.5) is 11.5 Å². The lowest BCUT2D eigenvalue weighted by Gasteiger charge is -2.12. The molecule has 1 fully saturated rings. The van der Waals surface area contributed by atoms with Gasteiger partial charge in [0.15, 0.2) is 0 Å². The van der Waals surface area contributed by atoms with Gasteiger partial charge < -0.3 is 20.1 Å². The molecule has 1 aliphatic heterocycles. The molecule has 1 amide bonds. The van der Waals surface area contributed by atoms with Gasteiger partial charge in [-0.2, -0.15) is 0 Å². The van der Waals surface area contributed by atoms with Crippen molar-refractivity contribution in [3.05, 3.63) is 78.5 Å². The number of hydrogen-bond acceptors (Lipinski definition) is 5. The number of hydrogen-bond donors (Lipinski definition) is 2. The number of carbonyl (C=O) groups is 1. The van der Waals surface area contributed by atoms with E-state index < -0.39 is 0 Å². The molecule has 2 heterocycles. The smallest absolute Gasteiger partial charge is 0.255 e. The van der Waals surface area contributed by atoms with Crippen molar-refractivity contribution in [3.63, 3.8) is 0 Å². The zero-order chi connectivity index (χ0) is 19.9. The summed E-state index contributed by atoms with van der Waals surface area (Å²) in [5.74, 6) is 1.95. The van der Waals surface area contributed by atoms with Crippen molar-refractivity contribution in [2.45, 2.75) is 18.9 Å². The van der Waals surface area contributed by atoms with Gasteiger partial charge in [0.05, 0.1) is 6.10 Å². The number of pyridine rings is 1. The minimum absolute atomic E-state index is 0.190. The standard InChI is InChI=1S/C23H23N3O3/c27-23(17-12-13-24-22(15-17)25-16-21-7-4-14-28-21)26-18-8-10-20(11-9-18)29-19-5-2-1-3-6-19/h1-3,5-6,8-13,15,21H,4,7,14,16H2,(H,24,25)(H,26,27). The predicted octanol–water partition coefficient (Wildman–Crippen LogP) is 4.72. The zero-order valence-corrected chi connectivity index (χ0v) is 16.0. The molecular formula is C23H23N3O3. The van der Waals surface area contributed by atoms with Crippen molar-refractivity contribution in [3.8, 4) is 11.5 Å². The maximum absolute atomic E-state index is 12.6. The van der Waals surface area contributed by atoms with E-state index in [0.717, 1.165) is 25.2 Å². The van der Waals surface area contributed by atoms with Gasteiger partial charge in [-0.3, -0.25) is 4.79 Å². The summed E-state index contributed by atoms with van der Waals surface area (Å²) in [7, 11) is 0. The molecule has 6 heteroatoms. The van der Waals surface area contributed by atoms with Crippen LogP contribution < -0.4 is 15.4 Å². The fraction of sp³-hybridized carbons (Fsp3) is 0.217. The van der Waals surface area contributed by atoms with Crippen LogP contribution >= 0.6 is 0 Å². The van der Waals surface area contributed by atoms with Gasteiger partial charge in [-0.1, -0.05) is 18.2 Å². The van der Waals surface area contributed by atoms with E-state index >= 15 is 0 Å². The molecule has 1 aliphatic rings. The topological polar surface area (TPSA) is 72.5 Å². The van der Waals surface area contributed by atoms with Crippen LogP contribution in [0.3, 0.4) is 0 Å². The van der Waals surface area contributed by atoms with Crippen LogP contribution in [0.15, 0.2) is 72.9 Å². The minimum Gasteiger partial charge on any atom is -0.457 e. The summed E-state index contributed by atoms with van der Waals surface area (Å²) in [4.78, 5) is 16.9. The lowest BCUT2D eigenvalue weighted by Crippen LogP contribution is -2.19. The number of nitrogens with one attached hydrogen (secondary N) is 2. The monoisotopic (exact) mass is 389 g/mol. The molecule has 2 N–H and O–H groups in total. The SMILES string of the molecule is O=C(Nc1ccc(Oc2ccccc2)cc1)c1ccnc(NCC2CCCO2)c1. The van der Waals surface area contributed by atoms with Crippen LogP contribution in [0.2, 0.25) is 0 Å². The van der Waals surface area contributed by atoms with E-state index in [1.165, 1.54) is 0 Å². The Hall–Kier alpha value is -3.38. The number of para-hydroxylation sites is 1. The molecule has 4 rings (SSSR count). The molecule has 0 aliphatic carbocycles. The van der Waals surface area contributed by atoms with Gasteiger partial charge in [-0.15, -0.1) is 0 Å². The summed E-state index contributed by atoms with van der Waals surface area (Å²) in [5.41, 5.74) is 1.24. The largest absolute Gasteiger partial charge is 0.457 e. The van der Waals surface area contributed by atoms with E-state index in [2.05, 4.69) is 15.6 Å². The van der Waals surface area contributed by atoms with Crippen LogP contribution in [-0.2, 0) is 4.74 Å². The second kappa shape index (κ2) is 9.21. The number of amides is 1. The molecule has 1 aromatic heterocycles. The molecule has 6 nitrogen and oxygen atoms in total. The van der Waals surface area contributed by atoms with Crippen molar-refractivity contribution in [1.82, 2.24) is 4.98 Å². The summed E-state index contributed by atoms with van der Waals surface area (Å²) in [5, 5.41) is 6.14. The lowest BCUT2D eigenvalue weighted by molar-refractivity contribution is 0.102. The summed E-state index contributed by atoms with van der Waals surface area (Å²) in [6, 6.07) is 20.3. The highest BCUT2D eigenvalue weighted by Gasteiger charge is 2.15. The number of carbonyl (C=O) groups excluding carboxylic acids is 1. The predicted molar refractivity (Wildman–Crippen MR) is 113 cm³/mol. The van der Waals surface area contributed by atoms with Crippen molar-refractivity contribution >= 4 is 17.4 Å². The molecule has 1 atom stereocenters. The number of nitrogens with zero attached hydrogens (tertiary/aromatic N) is 1. The number of anilines is 2. The van der Waals surface area contributed by atoms with Gasteiger partial charge in [0, 0.05) is 30.6 Å². The Bertz CT molecular complexity index is 939. The summed E-state index contributed by atoms with van der Waals surface area (Å²) in [6.07, 6.45) is 3.99. The molecular weight excluding hydrogens is 366 g/mol. The van der Waals surface area contributed by atoms with Gasteiger partial charge in [0.25, 0.3) is 5.91 Å². The normalized spacial score (nSPS) is 15.7. The average Bonchev–Trinajstić information content (AvgIpc) is 3.28. The molecule has 0 bridgehead atoms. The fourth-order valence-electron chi connectivity index (χ4n) is 3.13. The van der Waals surface area contributed by atoms with Crippen LogP contribution in [0.25, 0.3) is 0 Å². The van der Waals surface area contributed by atoms with Crippen molar-refractivity contribution < 1.29 is 14.3 Å². The maximum atomic E-state index is 12.6. The Morgan fingerprint density at radius 3 is 2.62 bits per heavy atom. The quantitative estimate of drug-likeness (QED) is 0.612. The fourth-order valence-corrected chi connectivity index (χ4v) is 3.13. The van der Waals surface area contributed by atoms with Crippen LogP contribution in [0.1, 0.15) is 23.2 Å². The molecule has 1 unspecified atom stereocenters. The third kappa shape index (κ3) is 5.33.